The summed E-state index contributed by atoms with van der Waals surface area (Å²) in [6.45, 7) is 2.12. The predicted octanol–water partition coefficient (Wildman–Crippen LogP) is 2.04. The molecule has 0 atom stereocenters. The number of rotatable bonds is 1. The van der Waals surface area contributed by atoms with Gasteiger partial charge in [-0.3, -0.25) is 0 Å². The number of benzene rings is 1. The van der Waals surface area contributed by atoms with Crippen LogP contribution in [0.2, 0.25) is 0 Å². The van der Waals surface area contributed by atoms with Gasteiger partial charge in [-0.15, -0.1) is 0 Å². The van der Waals surface area contributed by atoms with E-state index in [9.17, 15) is 0 Å². The van der Waals surface area contributed by atoms with E-state index in [0.29, 0.717) is 0 Å². The minimum atomic E-state index is 0. The van der Waals surface area contributed by atoms with E-state index in [1.807, 2.05) is 12.1 Å². The third kappa shape index (κ3) is 2.80. The van der Waals surface area contributed by atoms with Crippen LogP contribution in [0.5, 0.6) is 0 Å². The van der Waals surface area contributed by atoms with Crippen molar-refractivity contribution in [3.05, 3.63) is 54.5 Å². The minimum absolute atomic E-state index is 0. The van der Waals surface area contributed by atoms with Crippen LogP contribution in [0.3, 0.4) is 0 Å². The molecule has 1 aromatic heterocycles. The fourth-order valence-electron chi connectivity index (χ4n) is 1.26. The van der Waals surface area contributed by atoms with Gasteiger partial charge in [-0.1, -0.05) is 0 Å². The molecular formula is C11H10BNa. The summed E-state index contributed by atoms with van der Waals surface area (Å²) in [4.78, 5) is 0. The summed E-state index contributed by atoms with van der Waals surface area (Å²) < 4.78 is 0. The van der Waals surface area contributed by atoms with Gasteiger partial charge in [-0.05, 0) is 0 Å². The summed E-state index contributed by atoms with van der Waals surface area (Å²) in [7, 11) is 0. The average molecular weight is 176 g/mol. The predicted molar refractivity (Wildman–Crippen MR) is 60.4 cm³/mol. The molecule has 0 unspecified atom stereocenters. The Hall–Kier alpha value is -0.365. The Bertz CT molecular complexity index is 307. The first kappa shape index (κ1) is 10.7. The van der Waals surface area contributed by atoms with E-state index < -0.39 is 0 Å². The second-order valence-corrected chi connectivity index (χ2v) is 2.73. The van der Waals surface area contributed by atoms with E-state index in [-0.39, 0.29) is 29.6 Å². The molecule has 0 nitrogen and oxygen atoms in total. The van der Waals surface area contributed by atoms with Gasteiger partial charge in [0.1, 0.15) is 0 Å². The molecule has 1 heterocycles. The van der Waals surface area contributed by atoms with E-state index in [2.05, 4.69) is 49.3 Å². The van der Waals surface area contributed by atoms with Crippen molar-refractivity contribution in [1.82, 2.24) is 0 Å². The van der Waals surface area contributed by atoms with Crippen molar-refractivity contribution in [3.8, 4) is 11.0 Å². The molecule has 0 aliphatic rings. The molecule has 1 aromatic carbocycles. The van der Waals surface area contributed by atoms with Gasteiger partial charge in [-0.25, -0.2) is 0 Å². The van der Waals surface area contributed by atoms with Crippen molar-refractivity contribution < 1.29 is 0 Å². The summed E-state index contributed by atoms with van der Waals surface area (Å²) in [6, 6.07) is 16.6. The zero-order chi connectivity index (χ0) is 8.23. The van der Waals surface area contributed by atoms with Gasteiger partial charge in [0.25, 0.3) is 0 Å². The first-order valence-electron chi connectivity index (χ1n) is 4.07. The van der Waals surface area contributed by atoms with Crippen LogP contribution < -0.4 is 0 Å². The maximum absolute atomic E-state index is 2.12. The Morgan fingerprint density at radius 1 is 0.769 bits per heavy atom. The molecule has 0 amide bonds. The molecule has 13 heavy (non-hydrogen) atoms. The van der Waals surface area contributed by atoms with Crippen LogP contribution in [-0.4, -0.2) is 36.5 Å². The van der Waals surface area contributed by atoms with Crippen molar-refractivity contribution >= 4 is 36.5 Å². The van der Waals surface area contributed by atoms with Gasteiger partial charge >= 0.3 is 102 Å². The molecule has 0 N–H and O–H groups in total. The molecule has 58 valence electrons. The van der Waals surface area contributed by atoms with Crippen LogP contribution in [0.25, 0.3) is 11.0 Å². The summed E-state index contributed by atoms with van der Waals surface area (Å²) in [5.41, 5.74) is 2.55. The van der Waals surface area contributed by atoms with Gasteiger partial charge in [0.05, 0.1) is 0 Å². The topological polar surface area (TPSA) is 0 Å². The number of hydrogen-bond acceptors (Lipinski definition) is 0. The van der Waals surface area contributed by atoms with Crippen molar-refractivity contribution in [2.75, 3.05) is 0 Å². The third-order valence-electron chi connectivity index (χ3n) is 1.88. The molecule has 0 aliphatic carbocycles. The quantitative estimate of drug-likeness (QED) is 0.583. The zero-order valence-corrected chi connectivity index (χ0v) is 6.77. The first-order valence-corrected chi connectivity index (χ1v) is 4.07. The fraction of sp³-hybridized carbons (Fsp3) is 0. The average Bonchev–Trinajstić information content (AvgIpc) is 2.21. The molecular weight excluding hydrogens is 166 g/mol. The van der Waals surface area contributed by atoms with Crippen LogP contribution in [0, 0.1) is 0 Å². The summed E-state index contributed by atoms with van der Waals surface area (Å²) >= 11 is 0. The van der Waals surface area contributed by atoms with E-state index in [1.54, 1.807) is 0 Å². The standard InChI is InChI=1S/C11H9B.Na.H/c1-2-6-10(7-3-1)11-8-4-5-9-12-11;;/h1-9H;;. The van der Waals surface area contributed by atoms with Gasteiger partial charge in [-0.2, -0.15) is 0 Å². The van der Waals surface area contributed by atoms with E-state index in [0.717, 1.165) is 0 Å². The third-order valence-corrected chi connectivity index (χ3v) is 1.88. The summed E-state index contributed by atoms with van der Waals surface area (Å²) in [6.07, 6.45) is 0. The summed E-state index contributed by atoms with van der Waals surface area (Å²) in [5, 5.41) is 0. The van der Waals surface area contributed by atoms with Crippen LogP contribution in [0.4, 0.5) is 0 Å². The monoisotopic (exact) mass is 176 g/mol. The molecule has 0 saturated heterocycles. The molecule has 0 spiro atoms. The molecule has 0 bridgehead atoms. The van der Waals surface area contributed by atoms with Crippen LogP contribution >= 0.6 is 0 Å². The molecule has 2 rings (SSSR count). The molecule has 2 aromatic rings. The van der Waals surface area contributed by atoms with Crippen molar-refractivity contribution in [2.24, 2.45) is 0 Å². The van der Waals surface area contributed by atoms with Crippen molar-refractivity contribution in [2.45, 2.75) is 0 Å². The number of hydrogen-bond donors (Lipinski definition) is 0. The Morgan fingerprint density at radius 3 is 2.08 bits per heavy atom. The second-order valence-electron chi connectivity index (χ2n) is 2.73. The van der Waals surface area contributed by atoms with Crippen molar-refractivity contribution in [3.63, 3.8) is 0 Å². The van der Waals surface area contributed by atoms with E-state index >= 15 is 0 Å². The Labute approximate surface area is 102 Å². The Balaban J connectivity index is 0.000000845. The molecule has 0 saturated carbocycles. The van der Waals surface area contributed by atoms with Gasteiger partial charge < -0.3 is 0 Å². The van der Waals surface area contributed by atoms with Gasteiger partial charge in [0.2, 0.25) is 0 Å². The van der Waals surface area contributed by atoms with Crippen LogP contribution in [-0.2, 0) is 0 Å². The van der Waals surface area contributed by atoms with Crippen LogP contribution in [0.1, 0.15) is 0 Å². The van der Waals surface area contributed by atoms with E-state index in [1.165, 1.54) is 11.0 Å². The fourth-order valence-corrected chi connectivity index (χ4v) is 1.26. The van der Waals surface area contributed by atoms with Crippen molar-refractivity contribution in [1.29, 1.82) is 0 Å². The van der Waals surface area contributed by atoms with Gasteiger partial charge in [0.15, 0.2) is 0 Å². The van der Waals surface area contributed by atoms with Gasteiger partial charge in [0, 0.05) is 0 Å². The first-order chi connectivity index (χ1) is 5.97. The molecule has 2 heteroatoms. The zero-order valence-electron chi connectivity index (χ0n) is 6.77. The Morgan fingerprint density at radius 2 is 1.46 bits per heavy atom. The maximum atomic E-state index is 2.12. The van der Waals surface area contributed by atoms with E-state index in [4.69, 9.17) is 0 Å². The second kappa shape index (κ2) is 5.38. The molecule has 0 radical (unpaired) electrons. The SMILES string of the molecule is [NaH].b1ccccc1-c1ccccc1. The van der Waals surface area contributed by atoms with Crippen LogP contribution in [0.15, 0.2) is 54.5 Å². The normalized spacial score (nSPS) is 8.62. The molecule has 0 aliphatic heterocycles. The summed E-state index contributed by atoms with van der Waals surface area (Å²) in [5.74, 6) is 2.06. The molecule has 0 fully saturated rings. The Kier molecular flexibility index (Phi) is 4.44.